The zero-order chi connectivity index (χ0) is 16.9. The van der Waals surface area contributed by atoms with Crippen molar-refractivity contribution in [3.05, 3.63) is 34.9 Å². The quantitative estimate of drug-likeness (QED) is 0.738. The van der Waals surface area contributed by atoms with Crippen molar-refractivity contribution in [2.45, 2.75) is 50.0 Å². The van der Waals surface area contributed by atoms with E-state index in [-0.39, 0.29) is 5.54 Å². The number of halogens is 1. The molecule has 134 valence electrons. The van der Waals surface area contributed by atoms with E-state index < -0.39 is 0 Å². The van der Waals surface area contributed by atoms with Crippen LogP contribution in [0.4, 0.5) is 0 Å². The minimum absolute atomic E-state index is 0.142. The van der Waals surface area contributed by atoms with E-state index >= 15 is 0 Å². The predicted molar refractivity (Wildman–Crippen MR) is 101 cm³/mol. The second kappa shape index (κ2) is 6.28. The molecule has 2 heterocycles. The van der Waals surface area contributed by atoms with Crippen LogP contribution in [0.2, 0.25) is 5.02 Å². The van der Waals surface area contributed by atoms with E-state index in [0.717, 1.165) is 49.6 Å². The number of aliphatic imine (C=N–C) groups is 1. The van der Waals surface area contributed by atoms with Gasteiger partial charge < -0.3 is 9.64 Å². The molecule has 3 saturated carbocycles. The normalized spacial score (nSPS) is 37.6. The number of morpholine rings is 1. The number of amidine groups is 1. The number of benzene rings is 1. The van der Waals surface area contributed by atoms with Gasteiger partial charge >= 0.3 is 0 Å². The predicted octanol–water partition coefficient (Wildman–Crippen LogP) is 4.51. The fraction of sp³-hybridized carbons (Fsp3) is 0.667. The molecule has 4 heteroatoms. The topological polar surface area (TPSA) is 24.8 Å². The number of fused-ring (bicyclic) bond motifs is 2. The van der Waals surface area contributed by atoms with Gasteiger partial charge in [0.2, 0.25) is 0 Å². The molecule has 0 N–H and O–H groups in total. The van der Waals surface area contributed by atoms with Crippen molar-refractivity contribution in [1.82, 2.24) is 4.90 Å². The van der Waals surface area contributed by atoms with Gasteiger partial charge in [-0.15, -0.1) is 0 Å². The van der Waals surface area contributed by atoms with E-state index in [2.05, 4.69) is 29.2 Å². The maximum absolute atomic E-state index is 6.16. The van der Waals surface area contributed by atoms with Gasteiger partial charge in [0.05, 0.1) is 24.6 Å². The molecule has 4 fully saturated rings. The molecule has 0 radical (unpaired) electrons. The van der Waals surface area contributed by atoms with Gasteiger partial charge in [-0.1, -0.05) is 23.7 Å². The Labute approximate surface area is 155 Å². The Balaban J connectivity index is 1.52. The molecule has 3 aliphatic carbocycles. The SMILES string of the molecule is Clc1ccc(C2C3CCC(CC3)C23CCC(N2CCOCC2)=N3)cc1. The Kier molecular flexibility index (Phi) is 4.05. The smallest absolute Gasteiger partial charge is 0.0998 e. The highest BCUT2D eigenvalue weighted by Crippen LogP contribution is 2.60. The van der Waals surface area contributed by atoms with Gasteiger partial charge in [-0.05, 0) is 61.6 Å². The number of hydrogen-bond acceptors (Lipinski definition) is 3. The zero-order valence-corrected chi connectivity index (χ0v) is 15.5. The first-order valence-corrected chi connectivity index (χ1v) is 10.3. The molecule has 5 aliphatic rings. The van der Waals surface area contributed by atoms with E-state index in [1.54, 1.807) is 0 Å². The summed E-state index contributed by atoms with van der Waals surface area (Å²) in [6, 6.07) is 8.65. The Morgan fingerprint density at radius 3 is 2.48 bits per heavy atom. The van der Waals surface area contributed by atoms with Crippen molar-refractivity contribution < 1.29 is 4.74 Å². The number of rotatable bonds is 1. The monoisotopic (exact) mass is 358 g/mol. The lowest BCUT2D eigenvalue weighted by atomic mass is 9.52. The number of ether oxygens (including phenoxy) is 1. The molecule has 2 atom stereocenters. The van der Waals surface area contributed by atoms with Crippen LogP contribution in [0.15, 0.2) is 29.3 Å². The van der Waals surface area contributed by atoms with Gasteiger partial charge in [-0.2, -0.15) is 0 Å². The number of hydrogen-bond donors (Lipinski definition) is 0. The first kappa shape index (κ1) is 16.1. The van der Waals surface area contributed by atoms with Crippen molar-refractivity contribution in [3.8, 4) is 0 Å². The minimum atomic E-state index is 0.142. The van der Waals surface area contributed by atoms with E-state index in [1.165, 1.54) is 43.5 Å². The molecule has 3 nitrogen and oxygen atoms in total. The van der Waals surface area contributed by atoms with Crippen molar-refractivity contribution in [1.29, 1.82) is 0 Å². The van der Waals surface area contributed by atoms with Gasteiger partial charge in [0.15, 0.2) is 0 Å². The third-order valence-electron chi connectivity index (χ3n) is 7.18. The highest BCUT2D eigenvalue weighted by molar-refractivity contribution is 6.30. The maximum atomic E-state index is 6.16. The lowest BCUT2D eigenvalue weighted by molar-refractivity contribution is 0.0425. The van der Waals surface area contributed by atoms with Crippen LogP contribution >= 0.6 is 11.6 Å². The molecule has 6 rings (SSSR count). The summed E-state index contributed by atoms with van der Waals surface area (Å²) in [6.07, 6.45) is 7.87. The van der Waals surface area contributed by atoms with Crippen molar-refractivity contribution >= 4 is 17.4 Å². The summed E-state index contributed by atoms with van der Waals surface area (Å²) in [5.41, 5.74) is 1.61. The van der Waals surface area contributed by atoms with E-state index in [0.29, 0.717) is 5.92 Å². The lowest BCUT2D eigenvalue weighted by Gasteiger charge is -2.54. The highest BCUT2D eigenvalue weighted by Gasteiger charge is 2.56. The van der Waals surface area contributed by atoms with Crippen LogP contribution in [0.5, 0.6) is 0 Å². The van der Waals surface area contributed by atoms with Crippen LogP contribution in [0, 0.1) is 11.8 Å². The fourth-order valence-electron chi connectivity index (χ4n) is 6.08. The van der Waals surface area contributed by atoms with Crippen LogP contribution in [-0.4, -0.2) is 42.6 Å². The van der Waals surface area contributed by atoms with E-state index in [4.69, 9.17) is 21.3 Å². The molecule has 0 amide bonds. The lowest BCUT2D eigenvalue weighted by Crippen LogP contribution is -2.51. The molecule has 25 heavy (non-hydrogen) atoms. The third kappa shape index (κ3) is 2.62. The van der Waals surface area contributed by atoms with Crippen LogP contribution in [-0.2, 0) is 4.74 Å². The van der Waals surface area contributed by atoms with Crippen LogP contribution in [0.1, 0.15) is 50.0 Å². The van der Waals surface area contributed by atoms with Gasteiger partial charge in [0.1, 0.15) is 0 Å². The van der Waals surface area contributed by atoms with Gasteiger partial charge in [-0.25, -0.2) is 0 Å². The van der Waals surface area contributed by atoms with Gasteiger partial charge in [-0.3, -0.25) is 4.99 Å². The van der Waals surface area contributed by atoms with E-state index in [9.17, 15) is 0 Å². The Bertz CT molecular complexity index is 659. The summed E-state index contributed by atoms with van der Waals surface area (Å²) < 4.78 is 5.54. The molecular formula is C21H27ClN2O. The largest absolute Gasteiger partial charge is 0.378 e. The molecule has 1 aromatic rings. The molecule has 1 saturated heterocycles. The minimum Gasteiger partial charge on any atom is -0.378 e. The second-order valence-corrected chi connectivity index (χ2v) is 8.70. The summed E-state index contributed by atoms with van der Waals surface area (Å²) >= 11 is 6.16. The maximum Gasteiger partial charge on any atom is 0.0998 e. The average Bonchev–Trinajstić information content (AvgIpc) is 3.10. The van der Waals surface area contributed by atoms with Crippen LogP contribution in [0.25, 0.3) is 0 Å². The van der Waals surface area contributed by atoms with Crippen molar-refractivity contribution in [2.24, 2.45) is 16.8 Å². The summed E-state index contributed by atoms with van der Waals surface area (Å²) in [7, 11) is 0. The molecule has 0 aromatic heterocycles. The summed E-state index contributed by atoms with van der Waals surface area (Å²) in [4.78, 5) is 8.01. The molecular weight excluding hydrogens is 332 g/mol. The third-order valence-corrected chi connectivity index (χ3v) is 7.43. The first-order chi connectivity index (χ1) is 12.3. The molecule has 2 unspecified atom stereocenters. The second-order valence-electron chi connectivity index (χ2n) is 8.26. The van der Waals surface area contributed by atoms with E-state index in [1.807, 2.05) is 0 Å². The number of nitrogens with zero attached hydrogens (tertiary/aromatic N) is 2. The molecule has 1 spiro atoms. The zero-order valence-electron chi connectivity index (χ0n) is 14.8. The van der Waals surface area contributed by atoms with Crippen LogP contribution in [0.3, 0.4) is 0 Å². The van der Waals surface area contributed by atoms with Crippen molar-refractivity contribution in [3.63, 3.8) is 0 Å². The highest BCUT2D eigenvalue weighted by atomic mass is 35.5. The fourth-order valence-corrected chi connectivity index (χ4v) is 6.21. The first-order valence-electron chi connectivity index (χ1n) is 9.93. The average molecular weight is 359 g/mol. The Hall–Kier alpha value is -1.06. The summed E-state index contributed by atoms with van der Waals surface area (Å²) in [5.74, 6) is 3.49. The van der Waals surface area contributed by atoms with Crippen LogP contribution < -0.4 is 0 Å². The summed E-state index contributed by atoms with van der Waals surface area (Å²) in [5, 5.41) is 0.836. The Morgan fingerprint density at radius 2 is 1.76 bits per heavy atom. The molecule has 1 aromatic carbocycles. The standard InChI is InChI=1S/C21H27ClN2O/c22-18-7-3-16(4-8-18)20-15-1-5-17(6-2-15)21(20)10-9-19(23-21)24-11-13-25-14-12-24/h3-4,7-8,15,17,20H,1-2,5-6,9-14H2. The van der Waals surface area contributed by atoms with Gasteiger partial charge in [0.25, 0.3) is 0 Å². The molecule has 2 bridgehead atoms. The van der Waals surface area contributed by atoms with Gasteiger partial charge in [0, 0.05) is 30.5 Å². The Morgan fingerprint density at radius 1 is 1.04 bits per heavy atom. The molecule has 2 aliphatic heterocycles. The summed E-state index contributed by atoms with van der Waals surface area (Å²) in [6.45, 7) is 3.71. The van der Waals surface area contributed by atoms with Crippen molar-refractivity contribution in [2.75, 3.05) is 26.3 Å².